The van der Waals surface area contributed by atoms with Gasteiger partial charge in [0.05, 0.1) is 6.54 Å². The van der Waals surface area contributed by atoms with Gasteiger partial charge in [-0.15, -0.1) is 0 Å². The molecule has 0 aliphatic carbocycles. The van der Waals surface area contributed by atoms with Gasteiger partial charge in [0.15, 0.2) is 17.3 Å². The summed E-state index contributed by atoms with van der Waals surface area (Å²) in [5, 5.41) is 0. The van der Waals surface area contributed by atoms with E-state index < -0.39 is 0 Å². The fraction of sp³-hybridized carbons (Fsp3) is 0.417. The largest absolute Gasteiger partial charge is 0.486 e. The molecule has 0 N–H and O–H groups in total. The molecule has 7 heteroatoms. The minimum absolute atomic E-state index is 0.0191. The topological polar surface area (TPSA) is 59.1 Å². The van der Waals surface area contributed by atoms with Crippen LogP contribution in [-0.2, 0) is 11.3 Å². The van der Waals surface area contributed by atoms with E-state index in [9.17, 15) is 9.59 Å². The maximum atomic E-state index is 13.0. The summed E-state index contributed by atoms with van der Waals surface area (Å²) in [5.41, 5.74) is 1.77. The first-order valence-corrected chi connectivity index (χ1v) is 11.4. The number of hydrogen-bond donors (Lipinski definition) is 0. The average Bonchev–Trinajstić information content (AvgIpc) is 2.80. The van der Waals surface area contributed by atoms with Crippen molar-refractivity contribution in [3.8, 4) is 11.5 Å². The Labute approximate surface area is 191 Å². The molecule has 0 bridgehead atoms. The summed E-state index contributed by atoms with van der Waals surface area (Å²) < 4.78 is 12.2. The number of halogens is 1. The number of nitrogens with zero attached hydrogens (tertiary/aromatic N) is 2. The van der Waals surface area contributed by atoms with Crippen molar-refractivity contribution in [1.29, 1.82) is 0 Å². The number of Topliss-reactive ketones (excluding diaryl/α,β-unsaturated/α-hetero) is 1. The van der Waals surface area contributed by atoms with E-state index in [2.05, 4.69) is 20.8 Å². The number of hydrogen-bond acceptors (Lipinski definition) is 5. The molecule has 31 heavy (non-hydrogen) atoms. The van der Waals surface area contributed by atoms with Crippen LogP contribution in [0.4, 0.5) is 0 Å². The van der Waals surface area contributed by atoms with Gasteiger partial charge in [0.2, 0.25) is 5.91 Å². The molecule has 1 saturated heterocycles. The van der Waals surface area contributed by atoms with E-state index in [-0.39, 0.29) is 17.6 Å². The summed E-state index contributed by atoms with van der Waals surface area (Å²) in [6, 6.07) is 13.4. The second kappa shape index (κ2) is 9.83. The van der Waals surface area contributed by atoms with Gasteiger partial charge in [-0.25, -0.2) is 0 Å². The molecule has 2 aromatic carbocycles. The number of ether oxygens (including phenoxy) is 2. The summed E-state index contributed by atoms with van der Waals surface area (Å²) in [7, 11) is 1.84. The quantitative estimate of drug-likeness (QED) is 0.581. The van der Waals surface area contributed by atoms with Crippen molar-refractivity contribution in [1.82, 2.24) is 9.80 Å². The average molecular weight is 487 g/mol. The Hall–Kier alpha value is -2.38. The normalized spacial score (nSPS) is 16.7. The molecule has 2 aliphatic rings. The van der Waals surface area contributed by atoms with Gasteiger partial charge < -0.3 is 14.4 Å². The number of amides is 1. The number of piperidine rings is 1. The first-order valence-electron chi connectivity index (χ1n) is 10.6. The molecule has 164 valence electrons. The lowest BCUT2D eigenvalue weighted by Gasteiger charge is -2.32. The van der Waals surface area contributed by atoms with E-state index in [1.54, 1.807) is 11.0 Å². The van der Waals surface area contributed by atoms with Crippen LogP contribution < -0.4 is 9.47 Å². The molecular weight excluding hydrogens is 460 g/mol. The predicted molar refractivity (Wildman–Crippen MR) is 122 cm³/mol. The van der Waals surface area contributed by atoms with Crippen molar-refractivity contribution < 1.29 is 19.1 Å². The number of rotatable bonds is 6. The van der Waals surface area contributed by atoms with Crippen LogP contribution in [0.2, 0.25) is 0 Å². The second-order valence-electron chi connectivity index (χ2n) is 8.15. The van der Waals surface area contributed by atoms with Crippen molar-refractivity contribution >= 4 is 27.6 Å². The highest BCUT2D eigenvalue weighted by Gasteiger charge is 2.28. The number of ketones is 1. The third kappa shape index (κ3) is 5.46. The summed E-state index contributed by atoms with van der Waals surface area (Å²) in [5.74, 6) is 1.57. The number of benzene rings is 2. The van der Waals surface area contributed by atoms with Crippen LogP contribution >= 0.6 is 15.9 Å². The van der Waals surface area contributed by atoms with E-state index in [4.69, 9.17) is 9.47 Å². The van der Waals surface area contributed by atoms with Gasteiger partial charge >= 0.3 is 0 Å². The number of carbonyl (C=O) groups is 2. The van der Waals surface area contributed by atoms with E-state index in [0.29, 0.717) is 43.4 Å². The maximum absolute atomic E-state index is 13.0. The Balaban J connectivity index is 1.26. The SMILES string of the molecule is CN(Cc1ccc(Br)cc1)C(=O)CN1CCC(C(=O)c2ccc3c(c2)OCCO3)CC1. The zero-order valence-corrected chi connectivity index (χ0v) is 19.3. The molecular formula is C24H27BrN2O4. The Kier molecular flexibility index (Phi) is 6.92. The van der Waals surface area contributed by atoms with Crippen LogP contribution in [0.1, 0.15) is 28.8 Å². The number of fused-ring (bicyclic) bond motifs is 1. The third-order valence-corrected chi connectivity index (χ3v) is 6.43. The Morgan fingerprint density at radius 2 is 1.71 bits per heavy atom. The molecule has 0 saturated carbocycles. The number of carbonyl (C=O) groups excluding carboxylic acids is 2. The van der Waals surface area contributed by atoms with Crippen molar-refractivity contribution in [2.24, 2.45) is 5.92 Å². The van der Waals surface area contributed by atoms with Gasteiger partial charge in [-0.3, -0.25) is 14.5 Å². The van der Waals surface area contributed by atoms with Crippen LogP contribution in [0, 0.1) is 5.92 Å². The molecule has 0 aromatic heterocycles. The van der Waals surface area contributed by atoms with Crippen LogP contribution in [0.3, 0.4) is 0 Å². The summed E-state index contributed by atoms with van der Waals surface area (Å²) in [6.45, 7) is 3.52. The Bertz CT molecular complexity index is 939. The van der Waals surface area contributed by atoms with Gasteiger partial charge in [0.1, 0.15) is 13.2 Å². The van der Waals surface area contributed by atoms with E-state index in [1.165, 1.54) is 0 Å². The molecule has 1 amide bonds. The van der Waals surface area contributed by atoms with Crippen molar-refractivity contribution in [3.05, 3.63) is 58.1 Å². The molecule has 2 aromatic rings. The van der Waals surface area contributed by atoms with Crippen LogP contribution in [0.15, 0.2) is 46.9 Å². The van der Waals surface area contributed by atoms with Crippen molar-refractivity contribution in [2.45, 2.75) is 19.4 Å². The molecule has 1 fully saturated rings. The molecule has 0 radical (unpaired) electrons. The van der Waals surface area contributed by atoms with Crippen molar-refractivity contribution in [2.75, 3.05) is 39.9 Å². The monoisotopic (exact) mass is 486 g/mol. The maximum Gasteiger partial charge on any atom is 0.236 e. The van der Waals surface area contributed by atoms with Gasteiger partial charge in [-0.1, -0.05) is 28.1 Å². The first kappa shape index (κ1) is 21.8. The number of likely N-dealkylation sites (N-methyl/N-ethyl adjacent to an activating group) is 1. The lowest BCUT2D eigenvalue weighted by molar-refractivity contribution is -0.131. The molecule has 2 heterocycles. The van der Waals surface area contributed by atoms with Gasteiger partial charge in [-0.05, 0) is 61.8 Å². The van der Waals surface area contributed by atoms with Crippen LogP contribution in [0.25, 0.3) is 0 Å². The highest BCUT2D eigenvalue weighted by atomic mass is 79.9. The van der Waals surface area contributed by atoms with Gasteiger partial charge in [-0.2, -0.15) is 0 Å². The summed E-state index contributed by atoms with van der Waals surface area (Å²) in [4.78, 5) is 29.5. The van der Waals surface area contributed by atoms with Gasteiger partial charge in [0.25, 0.3) is 0 Å². The molecule has 0 spiro atoms. The van der Waals surface area contributed by atoms with Crippen molar-refractivity contribution in [3.63, 3.8) is 0 Å². The Morgan fingerprint density at radius 1 is 1.03 bits per heavy atom. The molecule has 6 nitrogen and oxygen atoms in total. The van der Waals surface area contributed by atoms with Crippen LogP contribution in [-0.4, -0.2) is 61.4 Å². The van der Waals surface area contributed by atoms with Crippen LogP contribution in [0.5, 0.6) is 11.5 Å². The number of likely N-dealkylation sites (tertiary alicyclic amines) is 1. The zero-order valence-electron chi connectivity index (χ0n) is 17.7. The summed E-state index contributed by atoms with van der Waals surface area (Å²) in [6.07, 6.45) is 1.52. The van der Waals surface area contributed by atoms with E-state index >= 15 is 0 Å². The highest BCUT2D eigenvalue weighted by Crippen LogP contribution is 2.32. The molecule has 0 unspecified atom stereocenters. The fourth-order valence-corrected chi connectivity index (χ4v) is 4.31. The highest BCUT2D eigenvalue weighted by molar-refractivity contribution is 9.10. The Morgan fingerprint density at radius 3 is 2.42 bits per heavy atom. The molecule has 0 atom stereocenters. The second-order valence-corrected chi connectivity index (χ2v) is 9.07. The van der Waals surface area contributed by atoms with Gasteiger partial charge in [0, 0.05) is 29.5 Å². The predicted octanol–water partition coefficient (Wildman–Crippen LogP) is 3.77. The van der Waals surface area contributed by atoms with E-state index in [1.807, 2.05) is 43.4 Å². The molecule has 2 aliphatic heterocycles. The fourth-order valence-electron chi connectivity index (χ4n) is 4.05. The first-order chi connectivity index (χ1) is 15.0. The minimum Gasteiger partial charge on any atom is -0.486 e. The summed E-state index contributed by atoms with van der Waals surface area (Å²) >= 11 is 3.43. The minimum atomic E-state index is -0.0191. The smallest absolute Gasteiger partial charge is 0.236 e. The zero-order chi connectivity index (χ0) is 21.8. The third-order valence-electron chi connectivity index (χ3n) is 5.90. The lowest BCUT2D eigenvalue weighted by atomic mass is 9.88. The standard InChI is InChI=1S/C24H27BrN2O4/c1-26(15-17-2-5-20(25)6-3-17)23(28)16-27-10-8-18(9-11-27)24(29)19-4-7-21-22(14-19)31-13-12-30-21/h2-7,14,18H,8-13,15-16H2,1H3. The van der Waals surface area contributed by atoms with E-state index in [0.717, 1.165) is 36.0 Å². The molecule has 4 rings (SSSR count). The lowest BCUT2D eigenvalue weighted by Crippen LogP contribution is -2.43.